The van der Waals surface area contributed by atoms with Gasteiger partial charge in [-0.15, -0.1) is 5.10 Å². The molecule has 2 aromatic heterocycles. The van der Waals surface area contributed by atoms with Crippen molar-refractivity contribution in [2.45, 2.75) is 38.8 Å². The second-order valence-corrected chi connectivity index (χ2v) is 6.88. The average Bonchev–Trinajstić information content (AvgIpc) is 3.16. The van der Waals surface area contributed by atoms with E-state index in [4.69, 9.17) is 13.6 Å². The highest BCUT2D eigenvalue weighted by Gasteiger charge is 2.41. The molecule has 2 fully saturated rings. The Morgan fingerprint density at radius 3 is 2.79 bits per heavy atom. The van der Waals surface area contributed by atoms with Crippen molar-refractivity contribution >= 4 is 6.01 Å². The molecule has 1 spiro atoms. The van der Waals surface area contributed by atoms with Gasteiger partial charge in [-0.3, -0.25) is 4.90 Å². The van der Waals surface area contributed by atoms with Crippen LogP contribution >= 0.6 is 0 Å². The molecule has 24 heavy (non-hydrogen) atoms. The summed E-state index contributed by atoms with van der Waals surface area (Å²) < 4.78 is 17.6. The Kier molecular flexibility index (Phi) is 4.05. The summed E-state index contributed by atoms with van der Waals surface area (Å²) in [6.45, 7) is 8.94. The Morgan fingerprint density at radius 1 is 1.12 bits per heavy atom. The lowest BCUT2D eigenvalue weighted by Crippen LogP contribution is -2.59. The predicted molar refractivity (Wildman–Crippen MR) is 87.9 cm³/mol. The summed E-state index contributed by atoms with van der Waals surface area (Å²) in [4.78, 5) is 4.58. The highest BCUT2D eigenvalue weighted by molar-refractivity contribution is 5.27. The highest BCUT2D eigenvalue weighted by Crippen LogP contribution is 2.31. The minimum absolute atomic E-state index is 0.166. The minimum Gasteiger partial charge on any atom is -0.465 e. The van der Waals surface area contributed by atoms with Gasteiger partial charge in [0, 0.05) is 26.6 Å². The number of hydrogen-bond acceptors (Lipinski definition) is 7. The lowest BCUT2D eigenvalue weighted by atomic mass is 9.91. The third-order valence-corrected chi connectivity index (χ3v) is 4.83. The van der Waals surface area contributed by atoms with Gasteiger partial charge in [0.25, 0.3) is 0 Å². The second-order valence-electron chi connectivity index (χ2n) is 6.88. The van der Waals surface area contributed by atoms with Crippen LogP contribution in [0, 0.1) is 13.8 Å². The first-order valence-corrected chi connectivity index (χ1v) is 8.59. The number of rotatable bonds is 3. The van der Waals surface area contributed by atoms with Gasteiger partial charge < -0.3 is 18.5 Å². The molecule has 0 N–H and O–H groups in total. The van der Waals surface area contributed by atoms with Crippen molar-refractivity contribution < 1.29 is 13.6 Å². The summed E-state index contributed by atoms with van der Waals surface area (Å²) in [5.74, 6) is 2.58. The molecule has 0 saturated carbocycles. The molecule has 0 aromatic carbocycles. The molecule has 1 unspecified atom stereocenters. The van der Waals surface area contributed by atoms with Crippen molar-refractivity contribution in [3.05, 3.63) is 29.5 Å². The maximum atomic E-state index is 6.23. The van der Waals surface area contributed by atoms with Crippen LogP contribution in [0.4, 0.5) is 6.01 Å². The molecular weight excluding hydrogens is 308 g/mol. The minimum atomic E-state index is -0.166. The van der Waals surface area contributed by atoms with E-state index in [-0.39, 0.29) is 5.60 Å². The number of morpholine rings is 1. The van der Waals surface area contributed by atoms with E-state index in [0.29, 0.717) is 11.9 Å². The van der Waals surface area contributed by atoms with Crippen LogP contribution in [0.5, 0.6) is 0 Å². The van der Waals surface area contributed by atoms with Crippen molar-refractivity contribution in [1.82, 2.24) is 15.1 Å². The normalized spacial score (nSPS) is 25.5. The van der Waals surface area contributed by atoms with E-state index < -0.39 is 0 Å². The molecule has 2 aliphatic rings. The molecule has 0 amide bonds. The van der Waals surface area contributed by atoms with E-state index in [1.807, 2.05) is 19.9 Å². The molecule has 2 aromatic rings. The maximum absolute atomic E-state index is 6.23. The molecule has 0 radical (unpaired) electrons. The molecule has 0 aliphatic carbocycles. The number of aromatic nitrogens is 2. The standard InChI is InChI=1S/C17H24N4O3/c1-13-4-5-15(23-13)10-20-8-9-22-17(11-20)6-3-7-21(12-17)16-19-18-14(2)24-16/h4-5H,3,6-12H2,1-2H3. The van der Waals surface area contributed by atoms with Gasteiger partial charge in [0.15, 0.2) is 0 Å². The van der Waals surface area contributed by atoms with Crippen LogP contribution in [0.2, 0.25) is 0 Å². The lowest BCUT2D eigenvalue weighted by Gasteiger charge is -2.47. The lowest BCUT2D eigenvalue weighted by molar-refractivity contribution is -0.117. The molecule has 7 nitrogen and oxygen atoms in total. The zero-order valence-electron chi connectivity index (χ0n) is 14.3. The van der Waals surface area contributed by atoms with Crippen molar-refractivity contribution in [1.29, 1.82) is 0 Å². The van der Waals surface area contributed by atoms with Gasteiger partial charge in [-0.2, -0.15) is 0 Å². The topological polar surface area (TPSA) is 67.8 Å². The monoisotopic (exact) mass is 332 g/mol. The van der Waals surface area contributed by atoms with Crippen molar-refractivity contribution in [2.75, 3.05) is 37.7 Å². The van der Waals surface area contributed by atoms with E-state index in [9.17, 15) is 0 Å². The summed E-state index contributed by atoms with van der Waals surface area (Å²) in [6.07, 6.45) is 2.12. The predicted octanol–water partition coefficient (Wildman–Crippen LogP) is 2.15. The van der Waals surface area contributed by atoms with Gasteiger partial charge in [0.2, 0.25) is 5.89 Å². The van der Waals surface area contributed by atoms with E-state index >= 15 is 0 Å². The third-order valence-electron chi connectivity index (χ3n) is 4.83. The number of piperidine rings is 1. The van der Waals surface area contributed by atoms with Crippen LogP contribution < -0.4 is 4.90 Å². The molecule has 4 heterocycles. The van der Waals surface area contributed by atoms with Crippen molar-refractivity contribution in [3.63, 3.8) is 0 Å². The first-order valence-electron chi connectivity index (χ1n) is 8.59. The van der Waals surface area contributed by atoms with E-state index in [0.717, 1.165) is 63.7 Å². The number of hydrogen-bond donors (Lipinski definition) is 0. The van der Waals surface area contributed by atoms with Crippen LogP contribution in [0.1, 0.15) is 30.3 Å². The molecule has 0 bridgehead atoms. The van der Waals surface area contributed by atoms with Crippen LogP contribution in [0.3, 0.4) is 0 Å². The van der Waals surface area contributed by atoms with Crippen LogP contribution in [0.15, 0.2) is 21.0 Å². The number of anilines is 1. The second kappa shape index (κ2) is 6.22. The summed E-state index contributed by atoms with van der Waals surface area (Å²) in [6, 6.07) is 4.69. The van der Waals surface area contributed by atoms with E-state index in [2.05, 4.69) is 26.1 Å². The Hall–Kier alpha value is -1.86. The first kappa shape index (κ1) is 15.7. The zero-order chi connectivity index (χ0) is 16.6. The number of ether oxygens (including phenoxy) is 1. The largest absolute Gasteiger partial charge is 0.465 e. The summed E-state index contributed by atoms with van der Waals surface area (Å²) in [5.41, 5.74) is -0.166. The zero-order valence-corrected chi connectivity index (χ0v) is 14.3. The fraction of sp³-hybridized carbons (Fsp3) is 0.647. The van der Waals surface area contributed by atoms with Gasteiger partial charge in [-0.25, -0.2) is 0 Å². The van der Waals surface area contributed by atoms with Crippen LogP contribution in [-0.4, -0.2) is 53.5 Å². The van der Waals surface area contributed by atoms with Gasteiger partial charge >= 0.3 is 6.01 Å². The molecule has 1 atom stereocenters. The van der Waals surface area contributed by atoms with Gasteiger partial charge in [0.05, 0.1) is 25.3 Å². The quantitative estimate of drug-likeness (QED) is 0.853. The fourth-order valence-corrected chi connectivity index (χ4v) is 3.77. The average molecular weight is 332 g/mol. The SMILES string of the molecule is Cc1ccc(CN2CCOC3(CCCN(c4nnc(C)o4)C3)C2)o1. The molecule has 2 aliphatic heterocycles. The van der Waals surface area contributed by atoms with Gasteiger partial charge in [-0.1, -0.05) is 5.10 Å². The fourth-order valence-electron chi connectivity index (χ4n) is 3.77. The number of furan rings is 1. The Bertz CT molecular complexity index is 694. The molecule has 7 heteroatoms. The van der Waals surface area contributed by atoms with Gasteiger partial charge in [0.1, 0.15) is 11.5 Å². The summed E-state index contributed by atoms with van der Waals surface area (Å²) in [7, 11) is 0. The maximum Gasteiger partial charge on any atom is 0.318 e. The van der Waals surface area contributed by atoms with Crippen LogP contribution in [0.25, 0.3) is 0 Å². The summed E-state index contributed by atoms with van der Waals surface area (Å²) >= 11 is 0. The smallest absolute Gasteiger partial charge is 0.318 e. The Morgan fingerprint density at radius 2 is 2.04 bits per heavy atom. The number of nitrogens with zero attached hydrogens (tertiary/aromatic N) is 4. The molecular formula is C17H24N4O3. The molecule has 2 saturated heterocycles. The first-order chi connectivity index (χ1) is 11.6. The van der Waals surface area contributed by atoms with Gasteiger partial charge in [-0.05, 0) is 31.9 Å². The Balaban J connectivity index is 1.45. The van der Waals surface area contributed by atoms with Crippen molar-refractivity contribution in [2.24, 2.45) is 0 Å². The third kappa shape index (κ3) is 3.18. The van der Waals surface area contributed by atoms with Crippen LogP contribution in [-0.2, 0) is 11.3 Å². The van der Waals surface area contributed by atoms with E-state index in [1.165, 1.54) is 0 Å². The Labute approximate surface area is 141 Å². The number of aryl methyl sites for hydroxylation is 2. The highest BCUT2D eigenvalue weighted by atomic mass is 16.5. The van der Waals surface area contributed by atoms with Crippen molar-refractivity contribution in [3.8, 4) is 0 Å². The molecule has 130 valence electrons. The van der Waals surface area contributed by atoms with E-state index in [1.54, 1.807) is 0 Å². The molecule has 4 rings (SSSR count). The summed E-state index contributed by atoms with van der Waals surface area (Å²) in [5, 5.41) is 8.11.